The summed E-state index contributed by atoms with van der Waals surface area (Å²) >= 11 is 6.13. The van der Waals surface area contributed by atoms with E-state index in [-0.39, 0.29) is 35.4 Å². The maximum Gasteiger partial charge on any atom is 0.330 e. The Hall–Kier alpha value is -2.72. The topological polar surface area (TPSA) is 108 Å². The van der Waals surface area contributed by atoms with E-state index in [0.29, 0.717) is 17.3 Å². The van der Waals surface area contributed by atoms with Gasteiger partial charge in [-0.1, -0.05) is 24.4 Å². The van der Waals surface area contributed by atoms with Crippen LogP contribution in [0.1, 0.15) is 56.9 Å². The Balaban J connectivity index is 1.51. The number of phenolic OH excluding ortho intramolecular Hbond substituents is 1. The van der Waals surface area contributed by atoms with E-state index in [4.69, 9.17) is 22.3 Å². The quantitative estimate of drug-likeness (QED) is 0.571. The molecule has 2 heterocycles. The zero-order valence-electron chi connectivity index (χ0n) is 18.6. The van der Waals surface area contributed by atoms with Crippen molar-refractivity contribution in [1.29, 1.82) is 0 Å². The summed E-state index contributed by atoms with van der Waals surface area (Å²) in [6.07, 6.45) is 8.84. The van der Waals surface area contributed by atoms with Crippen LogP contribution in [0, 0.1) is 11.6 Å². The average molecular weight is 493 g/mol. The SMILES string of the molecule is NC1CCC(Nc2ncc3c(n2)N(C2CCCC2)C(=O)N(c2c(Cl)cc(F)c(O)c2F)C3)CC1. The summed E-state index contributed by atoms with van der Waals surface area (Å²) in [5.41, 5.74) is 6.26. The summed E-state index contributed by atoms with van der Waals surface area (Å²) in [6, 6.07) is 0.614. The number of hydrogen-bond acceptors (Lipinski definition) is 6. The van der Waals surface area contributed by atoms with Gasteiger partial charge >= 0.3 is 6.03 Å². The van der Waals surface area contributed by atoms with E-state index in [1.165, 1.54) is 0 Å². The molecule has 1 aromatic carbocycles. The first-order valence-electron chi connectivity index (χ1n) is 11.7. The Bertz CT molecular complexity index is 1110. The highest BCUT2D eigenvalue weighted by Gasteiger charge is 2.40. The molecule has 2 saturated carbocycles. The molecule has 1 aliphatic heterocycles. The minimum absolute atomic E-state index is 0.0579. The van der Waals surface area contributed by atoms with Crippen molar-refractivity contribution in [2.24, 2.45) is 5.73 Å². The number of halogens is 3. The van der Waals surface area contributed by atoms with Gasteiger partial charge in [-0.15, -0.1) is 0 Å². The lowest BCUT2D eigenvalue weighted by Crippen LogP contribution is -2.52. The molecule has 34 heavy (non-hydrogen) atoms. The van der Waals surface area contributed by atoms with Crippen LogP contribution in [0.15, 0.2) is 12.3 Å². The zero-order chi connectivity index (χ0) is 24.0. The molecule has 8 nitrogen and oxygen atoms in total. The van der Waals surface area contributed by atoms with Gasteiger partial charge in [-0.2, -0.15) is 4.98 Å². The van der Waals surface area contributed by atoms with Gasteiger partial charge in [0, 0.05) is 29.9 Å². The Morgan fingerprint density at radius 2 is 1.85 bits per heavy atom. The predicted octanol–water partition coefficient (Wildman–Crippen LogP) is 4.68. The van der Waals surface area contributed by atoms with E-state index in [2.05, 4.69) is 10.3 Å². The molecule has 0 unspecified atom stereocenters. The van der Waals surface area contributed by atoms with Gasteiger partial charge in [-0.25, -0.2) is 18.6 Å². The first-order valence-corrected chi connectivity index (χ1v) is 12.1. The number of aromatic nitrogens is 2. The number of carbonyl (C=O) groups excluding carboxylic acids is 1. The number of nitrogens with two attached hydrogens (primary N) is 1. The van der Waals surface area contributed by atoms with Gasteiger partial charge in [0.15, 0.2) is 17.4 Å². The van der Waals surface area contributed by atoms with Crippen LogP contribution in [0.2, 0.25) is 5.02 Å². The predicted molar refractivity (Wildman–Crippen MR) is 125 cm³/mol. The fourth-order valence-electron chi connectivity index (χ4n) is 5.18. The molecular formula is C23H27ClF2N6O2. The number of nitrogens with one attached hydrogen (secondary N) is 1. The summed E-state index contributed by atoms with van der Waals surface area (Å²) in [4.78, 5) is 25.5. The number of rotatable bonds is 4. The van der Waals surface area contributed by atoms with E-state index in [0.717, 1.165) is 62.3 Å². The van der Waals surface area contributed by atoms with Crippen molar-refractivity contribution in [1.82, 2.24) is 9.97 Å². The molecule has 5 rings (SSSR count). The van der Waals surface area contributed by atoms with Gasteiger partial charge in [0.1, 0.15) is 11.5 Å². The minimum atomic E-state index is -1.28. The van der Waals surface area contributed by atoms with Gasteiger partial charge in [-0.05, 0) is 44.6 Å². The number of carbonyl (C=O) groups is 1. The van der Waals surface area contributed by atoms with Gasteiger partial charge in [0.05, 0.1) is 11.6 Å². The van der Waals surface area contributed by atoms with Crippen LogP contribution >= 0.6 is 11.6 Å². The number of phenols is 1. The number of fused-ring (bicyclic) bond motifs is 1. The Labute approximate surface area is 201 Å². The van der Waals surface area contributed by atoms with Crippen molar-refractivity contribution in [3.63, 3.8) is 0 Å². The third-order valence-electron chi connectivity index (χ3n) is 7.02. The van der Waals surface area contributed by atoms with E-state index in [1.54, 1.807) is 11.1 Å². The van der Waals surface area contributed by atoms with Crippen molar-refractivity contribution in [2.45, 2.75) is 76.0 Å². The second kappa shape index (κ2) is 9.14. The number of nitrogens with zero attached hydrogens (tertiary/aromatic N) is 4. The van der Waals surface area contributed by atoms with Gasteiger partial charge in [0.2, 0.25) is 5.95 Å². The number of urea groups is 1. The van der Waals surface area contributed by atoms with Gasteiger partial charge in [-0.3, -0.25) is 9.80 Å². The molecule has 2 aromatic rings. The molecule has 2 fully saturated rings. The van der Waals surface area contributed by atoms with Crippen molar-refractivity contribution in [3.05, 3.63) is 34.5 Å². The van der Waals surface area contributed by atoms with Crippen molar-refractivity contribution in [3.8, 4) is 5.75 Å². The Kier molecular flexibility index (Phi) is 6.20. The molecule has 0 bridgehead atoms. The van der Waals surface area contributed by atoms with Crippen LogP contribution in [-0.2, 0) is 6.54 Å². The standard InChI is InChI=1S/C23H27ClF2N6O2/c24-16-9-17(25)20(33)18(26)19(16)31-11-12-10-28-22(29-14-7-5-13(27)6-8-14)30-21(12)32(23(31)34)15-3-1-2-4-15/h9-10,13-15,33H,1-8,11,27H2,(H,28,29,30). The van der Waals surface area contributed by atoms with Crippen LogP contribution in [0.3, 0.4) is 0 Å². The molecular weight excluding hydrogens is 466 g/mol. The summed E-state index contributed by atoms with van der Waals surface area (Å²) in [6.45, 7) is -0.0579. The van der Waals surface area contributed by atoms with Crippen LogP contribution in [0.5, 0.6) is 5.75 Å². The highest BCUT2D eigenvalue weighted by Crippen LogP contribution is 2.42. The average Bonchev–Trinajstić information content (AvgIpc) is 3.34. The summed E-state index contributed by atoms with van der Waals surface area (Å²) in [5, 5.41) is 12.9. The number of amides is 2. The second-order valence-corrected chi connectivity index (χ2v) is 9.73. The van der Waals surface area contributed by atoms with E-state index in [9.17, 15) is 18.7 Å². The molecule has 3 aliphatic rings. The molecule has 0 radical (unpaired) electrons. The lowest BCUT2D eigenvalue weighted by atomic mass is 9.92. The smallest absolute Gasteiger partial charge is 0.330 e. The van der Waals surface area contributed by atoms with Crippen LogP contribution in [-0.4, -0.2) is 39.2 Å². The third kappa shape index (κ3) is 4.13. The van der Waals surface area contributed by atoms with Crippen molar-refractivity contribution < 1.29 is 18.7 Å². The molecule has 182 valence electrons. The first kappa shape index (κ1) is 23.0. The molecule has 4 N–H and O–H groups in total. The number of aromatic hydroxyl groups is 1. The first-order chi connectivity index (χ1) is 16.3. The molecule has 1 aromatic heterocycles. The van der Waals surface area contributed by atoms with Crippen LogP contribution < -0.4 is 20.9 Å². The monoisotopic (exact) mass is 492 g/mol. The Morgan fingerprint density at radius 1 is 1.15 bits per heavy atom. The van der Waals surface area contributed by atoms with E-state index < -0.39 is 23.4 Å². The maximum absolute atomic E-state index is 14.9. The number of hydrogen-bond donors (Lipinski definition) is 3. The number of benzene rings is 1. The highest BCUT2D eigenvalue weighted by molar-refractivity contribution is 6.34. The van der Waals surface area contributed by atoms with Crippen LogP contribution in [0.25, 0.3) is 0 Å². The van der Waals surface area contributed by atoms with Crippen molar-refractivity contribution in [2.75, 3.05) is 15.1 Å². The second-order valence-electron chi connectivity index (χ2n) is 9.33. The lowest BCUT2D eigenvalue weighted by Gasteiger charge is -2.39. The summed E-state index contributed by atoms with van der Waals surface area (Å²) in [5.74, 6) is -2.71. The number of anilines is 3. The lowest BCUT2D eigenvalue weighted by molar-refractivity contribution is 0.247. The van der Waals surface area contributed by atoms with Gasteiger partial charge < -0.3 is 16.2 Å². The minimum Gasteiger partial charge on any atom is -0.503 e. The molecule has 11 heteroatoms. The molecule has 0 atom stereocenters. The van der Waals surface area contributed by atoms with Crippen LogP contribution in [0.4, 0.5) is 31.0 Å². The largest absolute Gasteiger partial charge is 0.503 e. The van der Waals surface area contributed by atoms with Crippen molar-refractivity contribution >= 4 is 35.1 Å². The molecule has 2 amide bonds. The maximum atomic E-state index is 14.9. The normalized spacial score (nSPS) is 23.4. The van der Waals surface area contributed by atoms with E-state index in [1.807, 2.05) is 0 Å². The molecule has 0 spiro atoms. The fraction of sp³-hybridized carbons (Fsp3) is 0.522. The fourth-order valence-corrected chi connectivity index (χ4v) is 5.46. The van der Waals surface area contributed by atoms with E-state index >= 15 is 0 Å². The highest BCUT2D eigenvalue weighted by atomic mass is 35.5. The summed E-state index contributed by atoms with van der Waals surface area (Å²) < 4.78 is 28.7. The molecule has 2 aliphatic carbocycles. The van der Waals surface area contributed by atoms with Gasteiger partial charge in [0.25, 0.3) is 0 Å². The zero-order valence-corrected chi connectivity index (χ0v) is 19.4. The third-order valence-corrected chi connectivity index (χ3v) is 7.31. The molecule has 0 saturated heterocycles. The summed E-state index contributed by atoms with van der Waals surface area (Å²) in [7, 11) is 0. The Morgan fingerprint density at radius 3 is 2.56 bits per heavy atom.